The van der Waals surface area contributed by atoms with Crippen molar-refractivity contribution in [3.8, 4) is 5.88 Å². The van der Waals surface area contributed by atoms with Crippen LogP contribution in [0.5, 0.6) is 5.88 Å². The Bertz CT molecular complexity index is 485. The Morgan fingerprint density at radius 2 is 2.06 bits per heavy atom. The first kappa shape index (κ1) is 13.3. The number of hydrogen-bond acceptors (Lipinski definition) is 3. The van der Waals surface area contributed by atoms with E-state index in [0.717, 1.165) is 6.07 Å². The van der Waals surface area contributed by atoms with E-state index in [-0.39, 0.29) is 3.57 Å². The molecule has 0 saturated carbocycles. The molecule has 0 radical (unpaired) electrons. The van der Waals surface area contributed by atoms with E-state index < -0.39 is 28.6 Å². The number of ether oxygens (including phenoxy) is 1. The molecule has 16 heavy (non-hydrogen) atoms. The lowest BCUT2D eigenvalue weighted by Gasteiger charge is -2.10. The number of alkyl halides is 3. The van der Waals surface area contributed by atoms with Gasteiger partial charge in [-0.1, -0.05) is 0 Å². The first-order valence-electron chi connectivity index (χ1n) is 3.59. The van der Waals surface area contributed by atoms with Gasteiger partial charge in [0.15, 0.2) is 5.43 Å². The molecule has 4 nitrogen and oxygen atoms in total. The van der Waals surface area contributed by atoms with Gasteiger partial charge in [-0.15, -0.1) is 13.2 Å². The van der Waals surface area contributed by atoms with Crippen LogP contribution >= 0.6 is 34.2 Å². The van der Waals surface area contributed by atoms with Crippen molar-refractivity contribution in [2.24, 2.45) is 0 Å². The maximum atomic E-state index is 11.9. The third-order valence-electron chi connectivity index (χ3n) is 1.37. The van der Waals surface area contributed by atoms with Gasteiger partial charge < -0.3 is 9.72 Å². The van der Waals surface area contributed by atoms with E-state index >= 15 is 0 Å². The number of aromatic nitrogens is 1. The van der Waals surface area contributed by atoms with Crippen LogP contribution in [0.3, 0.4) is 0 Å². The molecule has 1 rings (SSSR count). The van der Waals surface area contributed by atoms with E-state index in [2.05, 4.69) is 4.74 Å². The smallest absolute Gasteiger partial charge is 0.389 e. The molecule has 0 saturated heterocycles. The van der Waals surface area contributed by atoms with Gasteiger partial charge in [0.2, 0.25) is 5.88 Å². The van der Waals surface area contributed by atoms with Gasteiger partial charge in [0, 0.05) is 6.07 Å². The molecule has 88 valence electrons. The third kappa shape index (κ3) is 3.37. The van der Waals surface area contributed by atoms with Gasteiger partial charge in [-0.2, -0.15) is 0 Å². The fourth-order valence-corrected chi connectivity index (χ4v) is 1.31. The van der Waals surface area contributed by atoms with Crippen LogP contribution in [0.2, 0.25) is 0 Å². The van der Waals surface area contributed by atoms with Crippen molar-refractivity contribution in [3.63, 3.8) is 0 Å². The number of pyridine rings is 1. The zero-order chi connectivity index (χ0) is 12.5. The maximum Gasteiger partial charge on any atom is 0.574 e. The number of rotatable bonds is 2. The summed E-state index contributed by atoms with van der Waals surface area (Å²) in [6.07, 6.45) is -4.96. The van der Waals surface area contributed by atoms with Gasteiger partial charge in [0.25, 0.3) is 5.24 Å². The minimum atomic E-state index is -4.96. The Kier molecular flexibility index (Phi) is 3.84. The van der Waals surface area contributed by atoms with Crippen LogP contribution in [0.4, 0.5) is 13.2 Å². The van der Waals surface area contributed by atoms with E-state index in [0.29, 0.717) is 0 Å². The summed E-state index contributed by atoms with van der Waals surface area (Å²) >= 11 is 6.38. The highest BCUT2D eigenvalue weighted by Crippen LogP contribution is 2.24. The van der Waals surface area contributed by atoms with Crippen molar-refractivity contribution in [1.29, 1.82) is 0 Å². The average Bonchev–Trinajstić information content (AvgIpc) is 2.10. The molecule has 0 fully saturated rings. The van der Waals surface area contributed by atoms with Crippen LogP contribution < -0.4 is 10.2 Å². The second kappa shape index (κ2) is 4.62. The lowest BCUT2D eigenvalue weighted by Crippen LogP contribution is -2.22. The minimum absolute atomic E-state index is 0.323. The van der Waals surface area contributed by atoms with Crippen LogP contribution in [-0.4, -0.2) is 16.6 Å². The Hall–Kier alpha value is -0.770. The monoisotopic (exact) mass is 367 g/mol. The molecule has 0 amide bonds. The van der Waals surface area contributed by atoms with Crippen molar-refractivity contribution in [3.05, 3.63) is 25.6 Å². The largest absolute Gasteiger partial charge is 0.574 e. The highest BCUT2D eigenvalue weighted by Gasteiger charge is 2.33. The molecule has 0 aromatic carbocycles. The van der Waals surface area contributed by atoms with Gasteiger partial charge >= 0.3 is 6.36 Å². The summed E-state index contributed by atoms with van der Waals surface area (Å²) in [5.41, 5.74) is -1.26. The average molecular weight is 367 g/mol. The molecular weight excluding hydrogens is 365 g/mol. The lowest BCUT2D eigenvalue weighted by molar-refractivity contribution is -0.276. The van der Waals surface area contributed by atoms with Crippen LogP contribution in [0.15, 0.2) is 10.9 Å². The maximum absolute atomic E-state index is 11.9. The Labute approximate surface area is 105 Å². The Balaban J connectivity index is 3.28. The summed E-state index contributed by atoms with van der Waals surface area (Å²) in [4.78, 5) is 23.8. The van der Waals surface area contributed by atoms with Gasteiger partial charge in [-0.3, -0.25) is 9.59 Å². The summed E-state index contributed by atoms with van der Waals surface area (Å²) in [5, 5.41) is -1.08. The topological polar surface area (TPSA) is 59.2 Å². The van der Waals surface area contributed by atoms with Crippen molar-refractivity contribution >= 4 is 39.4 Å². The summed E-state index contributed by atoms with van der Waals surface area (Å²) in [5.74, 6) is -0.857. The van der Waals surface area contributed by atoms with E-state index in [4.69, 9.17) is 11.6 Å². The van der Waals surface area contributed by atoms with E-state index in [1.807, 2.05) is 4.98 Å². The molecule has 0 aliphatic rings. The molecule has 0 unspecified atom stereocenters. The summed E-state index contributed by atoms with van der Waals surface area (Å²) in [7, 11) is 0. The molecule has 0 aliphatic carbocycles. The number of carbonyl (C=O) groups is 1. The standard InChI is InChI=1S/C7H2ClF3INO3/c8-5(15)2-1-3(14)4(12)6(13-2)16-7(9,10)11/h1H,(H,13,14). The SMILES string of the molecule is O=C(Cl)c1cc(=O)c(I)c(OC(F)(F)F)[nH]1. The van der Waals surface area contributed by atoms with Crippen molar-refractivity contribution < 1.29 is 22.7 Å². The zero-order valence-electron chi connectivity index (χ0n) is 7.19. The van der Waals surface area contributed by atoms with Gasteiger partial charge in [-0.25, -0.2) is 0 Å². The number of halogens is 5. The van der Waals surface area contributed by atoms with Crippen LogP contribution in [-0.2, 0) is 0 Å². The molecular formula is C7H2ClF3INO3. The highest BCUT2D eigenvalue weighted by molar-refractivity contribution is 14.1. The zero-order valence-corrected chi connectivity index (χ0v) is 10.1. The molecule has 0 bridgehead atoms. The van der Waals surface area contributed by atoms with E-state index in [1.165, 1.54) is 22.6 Å². The quantitative estimate of drug-likeness (QED) is 0.644. The molecule has 9 heteroatoms. The summed E-state index contributed by atoms with van der Waals surface area (Å²) in [6, 6.07) is 0.792. The molecule has 1 aromatic heterocycles. The van der Waals surface area contributed by atoms with Crippen LogP contribution in [0.25, 0.3) is 0 Å². The number of nitrogens with one attached hydrogen (secondary N) is 1. The number of carbonyl (C=O) groups excluding carboxylic acids is 1. The highest BCUT2D eigenvalue weighted by atomic mass is 127. The second-order valence-electron chi connectivity index (χ2n) is 2.51. The predicted molar refractivity (Wildman–Crippen MR) is 56.6 cm³/mol. The van der Waals surface area contributed by atoms with Gasteiger partial charge in [0.05, 0.1) is 0 Å². The van der Waals surface area contributed by atoms with Crippen LogP contribution in [0.1, 0.15) is 10.5 Å². The minimum Gasteiger partial charge on any atom is -0.389 e. The Morgan fingerprint density at radius 3 is 2.50 bits per heavy atom. The number of aromatic amines is 1. The second-order valence-corrected chi connectivity index (χ2v) is 3.93. The normalized spacial score (nSPS) is 11.3. The molecule has 1 N–H and O–H groups in total. The molecule has 0 atom stereocenters. The molecule has 1 aromatic rings. The molecule has 1 heterocycles. The number of hydrogen-bond donors (Lipinski definition) is 1. The predicted octanol–water partition coefficient (Wildman–Crippen LogP) is 2.26. The molecule has 0 aliphatic heterocycles. The fraction of sp³-hybridized carbons (Fsp3) is 0.143. The third-order valence-corrected chi connectivity index (χ3v) is 2.59. The molecule has 0 spiro atoms. The van der Waals surface area contributed by atoms with Crippen molar-refractivity contribution in [1.82, 2.24) is 4.98 Å². The van der Waals surface area contributed by atoms with Crippen molar-refractivity contribution in [2.75, 3.05) is 0 Å². The van der Waals surface area contributed by atoms with Gasteiger partial charge in [-0.05, 0) is 34.2 Å². The summed E-state index contributed by atoms with van der Waals surface area (Å²) < 4.78 is 39.0. The fourth-order valence-electron chi connectivity index (χ4n) is 0.812. The van der Waals surface area contributed by atoms with Crippen molar-refractivity contribution in [2.45, 2.75) is 6.36 Å². The van der Waals surface area contributed by atoms with E-state index in [1.54, 1.807) is 0 Å². The number of H-pyrrole nitrogens is 1. The van der Waals surface area contributed by atoms with E-state index in [9.17, 15) is 22.8 Å². The lowest BCUT2D eigenvalue weighted by atomic mass is 10.3. The Morgan fingerprint density at radius 1 is 1.50 bits per heavy atom. The van der Waals surface area contributed by atoms with Crippen LogP contribution in [0, 0.1) is 3.57 Å². The first-order valence-corrected chi connectivity index (χ1v) is 5.05. The summed E-state index contributed by atoms with van der Waals surface area (Å²) in [6.45, 7) is 0. The van der Waals surface area contributed by atoms with Gasteiger partial charge in [0.1, 0.15) is 9.26 Å². The first-order chi connectivity index (χ1) is 7.20.